The average molecular weight is 396 g/mol. The molecule has 1 aliphatic carbocycles. The van der Waals surface area contributed by atoms with Gasteiger partial charge in [-0.2, -0.15) is 0 Å². The second-order valence-corrected chi connectivity index (χ2v) is 7.65. The predicted molar refractivity (Wildman–Crippen MR) is 112 cm³/mol. The summed E-state index contributed by atoms with van der Waals surface area (Å²) in [5, 5.41) is 12.3. The van der Waals surface area contributed by atoms with Crippen molar-refractivity contribution in [3.8, 4) is 11.1 Å². The number of nitrogens with one attached hydrogen (secondary N) is 1. The normalized spacial score (nSPS) is 15.7. The Balaban J connectivity index is 1.68. The molecule has 154 valence electrons. The lowest BCUT2D eigenvalue weighted by Crippen LogP contribution is -2.52. The lowest BCUT2D eigenvalue weighted by Gasteiger charge is -2.33. The second kappa shape index (κ2) is 8.66. The summed E-state index contributed by atoms with van der Waals surface area (Å²) in [5.74, 6) is -1.23. The van der Waals surface area contributed by atoms with Gasteiger partial charge in [-0.05, 0) is 28.2 Å². The molecular weight excluding hydrogens is 368 g/mol. The smallest absolute Gasteiger partial charge is 0.407 e. The van der Waals surface area contributed by atoms with Crippen molar-refractivity contribution in [3.63, 3.8) is 0 Å². The van der Waals surface area contributed by atoms with Gasteiger partial charge in [0, 0.05) is 19.0 Å². The first kappa shape index (κ1) is 20.9. The van der Waals surface area contributed by atoms with Crippen molar-refractivity contribution >= 4 is 12.1 Å². The summed E-state index contributed by atoms with van der Waals surface area (Å²) in [6, 6.07) is 16.2. The Bertz CT molecular complexity index is 852. The lowest BCUT2D eigenvalue weighted by atomic mass is 9.75. The number of carboxylic acid groups (broad SMARTS) is 1. The minimum atomic E-state index is -1.21. The molecule has 0 radical (unpaired) electrons. The van der Waals surface area contributed by atoms with E-state index in [1.807, 2.05) is 50.2 Å². The number of ether oxygens (including phenoxy) is 1. The van der Waals surface area contributed by atoms with E-state index < -0.39 is 17.5 Å². The van der Waals surface area contributed by atoms with E-state index in [9.17, 15) is 14.7 Å². The summed E-state index contributed by atoms with van der Waals surface area (Å²) in [4.78, 5) is 24.2. The van der Waals surface area contributed by atoms with Gasteiger partial charge in [0.15, 0.2) is 0 Å². The molecule has 3 rings (SSSR count). The number of nitrogens with two attached hydrogens (primary N) is 1. The third-order valence-electron chi connectivity index (χ3n) is 6.24. The molecule has 29 heavy (non-hydrogen) atoms. The average Bonchev–Trinajstić information content (AvgIpc) is 3.06. The standard InChI is InChI=1S/C23H28N2O4/c1-3-15(2)23(13-24,21(26)27)14-25-22(28)29-12-20-18-10-6-4-8-16(18)17-9-5-7-11-19(17)20/h4-11,15,20H,3,12-14,24H2,1-2H3,(H,25,28)(H,26,27)/t15-,23-/m0/s1. The summed E-state index contributed by atoms with van der Waals surface area (Å²) in [6.45, 7) is 3.81. The zero-order valence-corrected chi connectivity index (χ0v) is 16.9. The molecule has 0 heterocycles. The summed E-state index contributed by atoms with van der Waals surface area (Å²) in [7, 11) is 0. The molecule has 2 aromatic carbocycles. The summed E-state index contributed by atoms with van der Waals surface area (Å²) >= 11 is 0. The van der Waals surface area contributed by atoms with Gasteiger partial charge in [-0.15, -0.1) is 0 Å². The van der Waals surface area contributed by atoms with Gasteiger partial charge in [0.2, 0.25) is 0 Å². The minimum Gasteiger partial charge on any atom is -0.481 e. The Morgan fingerprint density at radius 2 is 1.69 bits per heavy atom. The Kier molecular flexibility index (Phi) is 6.23. The molecule has 1 amide bonds. The van der Waals surface area contributed by atoms with E-state index in [1.165, 1.54) is 0 Å². The Morgan fingerprint density at radius 1 is 1.14 bits per heavy atom. The van der Waals surface area contributed by atoms with E-state index in [2.05, 4.69) is 17.4 Å². The van der Waals surface area contributed by atoms with Crippen LogP contribution < -0.4 is 11.1 Å². The van der Waals surface area contributed by atoms with Gasteiger partial charge in [0.1, 0.15) is 6.61 Å². The minimum absolute atomic E-state index is 0.0403. The third-order valence-corrected chi connectivity index (χ3v) is 6.24. The van der Waals surface area contributed by atoms with Crippen LogP contribution in [0.25, 0.3) is 11.1 Å². The first-order valence-corrected chi connectivity index (χ1v) is 9.97. The van der Waals surface area contributed by atoms with Gasteiger partial charge in [0.25, 0.3) is 0 Å². The SMILES string of the molecule is CC[C@H](C)[C@](CN)(CNC(=O)OCC1c2ccccc2-c2ccccc21)C(=O)O. The molecule has 0 spiro atoms. The van der Waals surface area contributed by atoms with Gasteiger partial charge in [0.05, 0.1) is 5.41 Å². The van der Waals surface area contributed by atoms with Crippen molar-refractivity contribution < 1.29 is 19.4 Å². The maximum absolute atomic E-state index is 12.4. The van der Waals surface area contributed by atoms with E-state index in [4.69, 9.17) is 10.5 Å². The topological polar surface area (TPSA) is 102 Å². The molecular formula is C23H28N2O4. The predicted octanol–water partition coefficient (Wildman–Crippen LogP) is 3.60. The number of hydrogen-bond acceptors (Lipinski definition) is 4. The maximum atomic E-state index is 12.4. The van der Waals surface area contributed by atoms with Gasteiger partial charge in [-0.1, -0.05) is 68.8 Å². The maximum Gasteiger partial charge on any atom is 0.407 e. The van der Waals surface area contributed by atoms with Crippen molar-refractivity contribution in [1.82, 2.24) is 5.32 Å². The lowest BCUT2D eigenvalue weighted by molar-refractivity contribution is -0.151. The summed E-state index contributed by atoms with van der Waals surface area (Å²) < 4.78 is 5.49. The number of benzene rings is 2. The number of hydrogen-bond donors (Lipinski definition) is 3. The molecule has 2 atom stereocenters. The van der Waals surface area contributed by atoms with Crippen LogP contribution >= 0.6 is 0 Å². The van der Waals surface area contributed by atoms with Crippen LogP contribution in [0.1, 0.15) is 37.3 Å². The second-order valence-electron chi connectivity index (χ2n) is 7.65. The van der Waals surface area contributed by atoms with E-state index in [0.717, 1.165) is 22.3 Å². The largest absolute Gasteiger partial charge is 0.481 e. The van der Waals surface area contributed by atoms with Crippen LogP contribution in [0.3, 0.4) is 0 Å². The van der Waals surface area contributed by atoms with E-state index in [0.29, 0.717) is 6.42 Å². The number of carbonyl (C=O) groups is 2. The van der Waals surface area contributed by atoms with Gasteiger partial charge in [-0.3, -0.25) is 4.79 Å². The number of rotatable bonds is 8. The molecule has 4 N–H and O–H groups in total. The molecule has 0 saturated heterocycles. The van der Waals surface area contributed by atoms with Crippen LogP contribution in [-0.4, -0.2) is 36.9 Å². The fraction of sp³-hybridized carbons (Fsp3) is 0.391. The van der Waals surface area contributed by atoms with Crippen LogP contribution in [-0.2, 0) is 9.53 Å². The van der Waals surface area contributed by atoms with Crippen molar-refractivity contribution in [3.05, 3.63) is 59.7 Å². The Labute approximate surface area is 171 Å². The van der Waals surface area contributed by atoms with Gasteiger partial charge in [-0.25, -0.2) is 4.79 Å². The number of amides is 1. The van der Waals surface area contributed by atoms with E-state index >= 15 is 0 Å². The quantitative estimate of drug-likeness (QED) is 0.633. The molecule has 0 saturated carbocycles. The number of aliphatic carboxylic acids is 1. The highest BCUT2D eigenvalue weighted by atomic mass is 16.5. The highest BCUT2D eigenvalue weighted by Crippen LogP contribution is 2.44. The number of carbonyl (C=O) groups excluding carboxylic acids is 1. The van der Waals surface area contributed by atoms with Crippen LogP contribution in [0.2, 0.25) is 0 Å². The van der Waals surface area contributed by atoms with Crippen LogP contribution in [0.5, 0.6) is 0 Å². The molecule has 0 fully saturated rings. The molecule has 0 aliphatic heterocycles. The zero-order valence-electron chi connectivity index (χ0n) is 16.9. The highest BCUT2D eigenvalue weighted by molar-refractivity contribution is 5.79. The third kappa shape index (κ3) is 3.85. The Morgan fingerprint density at radius 3 is 2.17 bits per heavy atom. The number of fused-ring (bicyclic) bond motifs is 3. The van der Waals surface area contributed by atoms with Gasteiger partial charge >= 0.3 is 12.1 Å². The molecule has 6 nitrogen and oxygen atoms in total. The van der Waals surface area contributed by atoms with Crippen LogP contribution in [0.15, 0.2) is 48.5 Å². The molecule has 0 unspecified atom stereocenters. The summed E-state index contributed by atoms with van der Waals surface area (Å²) in [6.07, 6.45) is 0.0183. The van der Waals surface area contributed by atoms with Crippen LogP contribution in [0.4, 0.5) is 4.79 Å². The van der Waals surface area contributed by atoms with Crippen molar-refractivity contribution in [2.45, 2.75) is 26.2 Å². The fourth-order valence-corrected chi connectivity index (χ4v) is 4.09. The molecule has 0 aromatic heterocycles. The monoisotopic (exact) mass is 396 g/mol. The molecule has 6 heteroatoms. The number of carboxylic acids is 1. The van der Waals surface area contributed by atoms with E-state index in [-0.39, 0.29) is 31.5 Å². The van der Waals surface area contributed by atoms with Crippen molar-refractivity contribution in [2.24, 2.45) is 17.1 Å². The molecule has 0 bridgehead atoms. The van der Waals surface area contributed by atoms with Crippen molar-refractivity contribution in [1.29, 1.82) is 0 Å². The first-order valence-electron chi connectivity index (χ1n) is 9.97. The highest BCUT2D eigenvalue weighted by Gasteiger charge is 2.42. The molecule has 2 aromatic rings. The zero-order chi connectivity index (χ0) is 21.0. The van der Waals surface area contributed by atoms with Crippen LogP contribution in [0, 0.1) is 11.3 Å². The first-order chi connectivity index (χ1) is 13.9. The fourth-order valence-electron chi connectivity index (χ4n) is 4.09. The number of alkyl carbamates (subject to hydrolysis) is 1. The van der Waals surface area contributed by atoms with Gasteiger partial charge < -0.3 is 20.9 Å². The summed E-state index contributed by atoms with van der Waals surface area (Å²) in [5.41, 5.74) is 9.13. The Hall–Kier alpha value is -2.86. The van der Waals surface area contributed by atoms with Crippen molar-refractivity contribution in [2.75, 3.05) is 19.7 Å². The molecule has 1 aliphatic rings. The van der Waals surface area contributed by atoms with E-state index in [1.54, 1.807) is 0 Å².